The molecule has 9 heteroatoms. The van der Waals surface area contributed by atoms with Crippen LogP contribution in [0.1, 0.15) is 12.0 Å². The van der Waals surface area contributed by atoms with Gasteiger partial charge in [0.2, 0.25) is 0 Å². The predicted octanol–water partition coefficient (Wildman–Crippen LogP) is 0.269. The number of hydrogen-bond acceptors (Lipinski definition) is 7. The topological polar surface area (TPSA) is 101 Å². The molecule has 0 spiro atoms. The molecule has 1 heterocycles. The Morgan fingerprint density at radius 2 is 1.92 bits per heavy atom. The molecule has 0 bridgehead atoms. The van der Waals surface area contributed by atoms with Gasteiger partial charge >= 0.3 is 0 Å². The summed E-state index contributed by atoms with van der Waals surface area (Å²) in [6.07, 6.45) is 2.04. The monoisotopic (exact) mass is 395 g/mol. The van der Waals surface area contributed by atoms with E-state index in [1.165, 1.54) is 6.08 Å². The summed E-state index contributed by atoms with van der Waals surface area (Å²) in [5.74, 6) is -4.10. The lowest BCUT2D eigenvalue weighted by Crippen LogP contribution is -2.52. The molecule has 1 fully saturated rings. The molecule has 1 aromatic rings. The Labute approximate surface area is 157 Å². The zero-order valence-corrected chi connectivity index (χ0v) is 14.9. The van der Waals surface area contributed by atoms with E-state index in [-0.39, 0.29) is 14.3 Å². The molecule has 0 N–H and O–H groups in total. The number of benzene rings is 1. The van der Waals surface area contributed by atoms with Gasteiger partial charge in [-0.2, -0.15) is 0 Å². The summed E-state index contributed by atoms with van der Waals surface area (Å²) in [4.78, 5) is 35.1. The van der Waals surface area contributed by atoms with Crippen LogP contribution in [-0.4, -0.2) is 33.1 Å². The van der Waals surface area contributed by atoms with Crippen molar-refractivity contribution in [2.75, 3.05) is 0 Å². The van der Waals surface area contributed by atoms with Gasteiger partial charge in [0.25, 0.3) is 5.91 Å². The molecule has 1 saturated heterocycles. The van der Waals surface area contributed by atoms with E-state index in [0.717, 1.165) is 17.3 Å². The first-order valence-electron chi connectivity index (χ1n) is 6.89. The minimum absolute atomic E-state index is 0.0872. The van der Waals surface area contributed by atoms with Crippen LogP contribution in [-0.2, 0) is 14.4 Å². The Morgan fingerprint density at radius 3 is 2.48 bits per heavy atom. The Kier molecular flexibility index (Phi) is 6.35. The molecule has 1 amide bonds. The summed E-state index contributed by atoms with van der Waals surface area (Å²) < 4.78 is -0.0872. The fourth-order valence-corrected chi connectivity index (χ4v) is 3.71. The van der Waals surface area contributed by atoms with Crippen LogP contribution in [0.15, 0.2) is 46.3 Å². The van der Waals surface area contributed by atoms with Crippen LogP contribution in [0.4, 0.5) is 0 Å². The Balaban J connectivity index is 2.26. The molecule has 0 saturated carbocycles. The molecule has 130 valence electrons. The summed E-state index contributed by atoms with van der Waals surface area (Å²) in [7, 11) is 0. The molecule has 0 aliphatic carbocycles. The van der Waals surface area contributed by atoms with E-state index in [1.807, 2.05) is 30.3 Å². The number of nitrogens with zero attached hydrogens (tertiary/aromatic N) is 1. The molecular formula is C16H10ClNO5S2-2. The smallest absolute Gasteiger partial charge is 0.266 e. The number of hydrogen-bond donors (Lipinski definition) is 0. The number of carboxylic acid groups (broad SMARTS) is 2. The Morgan fingerprint density at radius 1 is 1.28 bits per heavy atom. The van der Waals surface area contributed by atoms with Gasteiger partial charge in [-0.05, 0) is 17.7 Å². The molecule has 0 radical (unpaired) electrons. The first kappa shape index (κ1) is 19.2. The lowest BCUT2D eigenvalue weighted by Gasteiger charge is -2.27. The van der Waals surface area contributed by atoms with Crippen molar-refractivity contribution in [1.82, 2.24) is 4.90 Å². The van der Waals surface area contributed by atoms with Gasteiger partial charge in [-0.15, -0.1) is 0 Å². The second kappa shape index (κ2) is 8.28. The molecule has 2 rings (SSSR count). The number of carboxylic acids is 2. The highest BCUT2D eigenvalue weighted by atomic mass is 35.5. The largest absolute Gasteiger partial charge is 0.550 e. The standard InChI is InChI=1S/C16H12ClNO5S2/c17-10(6-9-4-2-1-3-5-9)7-12-14(21)18(16(24)25-12)11(15(22)23)8-13(19)20/h1-7,11H,8H2,(H,19,20)(H,22,23)/p-2/b10-6-,12-7-/t11-/m0/s1. The maximum atomic E-state index is 12.4. The molecule has 1 aliphatic heterocycles. The van der Waals surface area contributed by atoms with Crippen molar-refractivity contribution < 1.29 is 24.6 Å². The van der Waals surface area contributed by atoms with Crippen molar-refractivity contribution in [3.8, 4) is 0 Å². The van der Waals surface area contributed by atoms with E-state index in [0.29, 0.717) is 4.90 Å². The minimum Gasteiger partial charge on any atom is -0.550 e. The van der Waals surface area contributed by atoms with Crippen molar-refractivity contribution in [3.05, 3.63) is 51.9 Å². The van der Waals surface area contributed by atoms with Gasteiger partial charge in [0.15, 0.2) is 0 Å². The quantitative estimate of drug-likeness (QED) is 0.503. The Bertz CT molecular complexity index is 791. The summed E-state index contributed by atoms with van der Waals surface area (Å²) in [5.41, 5.74) is 0.809. The molecule has 1 atom stereocenters. The fraction of sp³-hybridized carbons (Fsp3) is 0.125. The number of thioether (sulfide) groups is 1. The van der Waals surface area contributed by atoms with Gasteiger partial charge in [-0.1, -0.05) is 65.9 Å². The minimum atomic E-state index is -1.74. The number of halogens is 1. The van der Waals surface area contributed by atoms with E-state index in [9.17, 15) is 24.6 Å². The number of amides is 1. The fourth-order valence-electron chi connectivity index (χ4n) is 2.06. The zero-order valence-electron chi connectivity index (χ0n) is 12.5. The van der Waals surface area contributed by atoms with Crippen LogP contribution >= 0.6 is 35.6 Å². The normalized spacial score (nSPS) is 17.9. The molecule has 6 nitrogen and oxygen atoms in total. The number of rotatable bonds is 6. The maximum absolute atomic E-state index is 12.4. The number of carbonyl (C=O) groups excluding carboxylic acids is 3. The Hall–Kier alpha value is -2.16. The predicted molar refractivity (Wildman–Crippen MR) is 93.8 cm³/mol. The van der Waals surface area contributed by atoms with E-state index in [2.05, 4.69) is 0 Å². The van der Waals surface area contributed by atoms with E-state index >= 15 is 0 Å². The number of aliphatic carboxylic acids is 2. The number of allylic oxidation sites excluding steroid dienone is 2. The molecular weight excluding hydrogens is 386 g/mol. The van der Waals surface area contributed by atoms with Crippen LogP contribution < -0.4 is 10.2 Å². The van der Waals surface area contributed by atoms with Crippen LogP contribution in [0.5, 0.6) is 0 Å². The van der Waals surface area contributed by atoms with Crippen LogP contribution in [0, 0.1) is 0 Å². The van der Waals surface area contributed by atoms with Gasteiger partial charge in [0.1, 0.15) is 4.32 Å². The third-order valence-electron chi connectivity index (χ3n) is 3.14. The highest BCUT2D eigenvalue weighted by Crippen LogP contribution is 2.34. The molecule has 25 heavy (non-hydrogen) atoms. The first-order valence-corrected chi connectivity index (χ1v) is 8.50. The van der Waals surface area contributed by atoms with Crippen molar-refractivity contribution in [2.45, 2.75) is 12.5 Å². The lowest BCUT2D eigenvalue weighted by atomic mass is 10.2. The second-order valence-corrected chi connectivity index (χ2v) is 7.01. The highest BCUT2D eigenvalue weighted by molar-refractivity contribution is 8.26. The van der Waals surface area contributed by atoms with Gasteiger partial charge in [0, 0.05) is 17.4 Å². The summed E-state index contributed by atoms with van der Waals surface area (Å²) >= 11 is 11.9. The summed E-state index contributed by atoms with van der Waals surface area (Å²) in [6.45, 7) is 0. The summed E-state index contributed by atoms with van der Waals surface area (Å²) in [5, 5.41) is 22.1. The van der Waals surface area contributed by atoms with Gasteiger partial charge in [0.05, 0.1) is 16.9 Å². The van der Waals surface area contributed by atoms with Gasteiger partial charge in [-0.3, -0.25) is 9.69 Å². The highest BCUT2D eigenvalue weighted by Gasteiger charge is 2.37. The van der Waals surface area contributed by atoms with Crippen LogP contribution in [0.3, 0.4) is 0 Å². The lowest BCUT2D eigenvalue weighted by molar-refractivity contribution is -0.319. The van der Waals surface area contributed by atoms with Gasteiger partial charge < -0.3 is 19.8 Å². The summed E-state index contributed by atoms with van der Waals surface area (Å²) in [6, 6.07) is 7.37. The van der Waals surface area contributed by atoms with Crippen molar-refractivity contribution in [1.29, 1.82) is 0 Å². The first-order chi connectivity index (χ1) is 11.8. The molecule has 1 aromatic carbocycles. The molecule has 1 aliphatic rings. The number of carbonyl (C=O) groups is 3. The average molecular weight is 396 g/mol. The van der Waals surface area contributed by atoms with Crippen LogP contribution in [0.25, 0.3) is 6.08 Å². The van der Waals surface area contributed by atoms with Gasteiger partial charge in [-0.25, -0.2) is 0 Å². The SMILES string of the molecule is O=C([O-])C[C@@H](C(=O)[O-])N1C(=O)/C(=C/C(Cl)=C/c2ccccc2)SC1=S. The van der Waals surface area contributed by atoms with Crippen molar-refractivity contribution in [2.24, 2.45) is 0 Å². The second-order valence-electron chi connectivity index (χ2n) is 4.90. The zero-order chi connectivity index (χ0) is 18.6. The molecule has 0 aromatic heterocycles. The third-order valence-corrected chi connectivity index (χ3v) is 4.69. The number of thiocarbonyl (C=S) groups is 1. The average Bonchev–Trinajstić information content (AvgIpc) is 2.79. The van der Waals surface area contributed by atoms with E-state index < -0.39 is 30.3 Å². The van der Waals surface area contributed by atoms with Crippen molar-refractivity contribution in [3.63, 3.8) is 0 Å². The van der Waals surface area contributed by atoms with E-state index in [1.54, 1.807) is 6.08 Å². The van der Waals surface area contributed by atoms with Crippen LogP contribution in [0.2, 0.25) is 0 Å². The third kappa shape index (κ3) is 4.91. The maximum Gasteiger partial charge on any atom is 0.266 e. The van der Waals surface area contributed by atoms with Crippen molar-refractivity contribution >= 4 is 63.8 Å². The van der Waals surface area contributed by atoms with E-state index in [4.69, 9.17) is 23.8 Å². The molecule has 0 unspecified atom stereocenters.